The van der Waals surface area contributed by atoms with Crippen LogP contribution in [0.4, 0.5) is 5.69 Å². The first kappa shape index (κ1) is 14.7. The molecule has 2 amide bonds. The first-order valence-electron chi connectivity index (χ1n) is 7.96. The third-order valence-corrected chi connectivity index (χ3v) is 4.89. The number of para-hydroxylation sites is 1. The summed E-state index contributed by atoms with van der Waals surface area (Å²) in [6.07, 6.45) is 2.90. The number of carbonyl (C=O) groups excluding carboxylic acids is 2. The molecule has 1 aromatic carbocycles. The van der Waals surface area contributed by atoms with Gasteiger partial charge in [0.2, 0.25) is 5.91 Å². The molecule has 0 radical (unpaired) electrons. The normalized spacial score (nSPS) is 22.3. The number of pyridine rings is 1. The highest BCUT2D eigenvalue weighted by Crippen LogP contribution is 2.43. The lowest BCUT2D eigenvalue weighted by Crippen LogP contribution is -2.52. The molecule has 1 fully saturated rings. The summed E-state index contributed by atoms with van der Waals surface area (Å²) in [4.78, 5) is 31.0. The van der Waals surface area contributed by atoms with Crippen molar-refractivity contribution in [3.05, 3.63) is 53.9 Å². The maximum atomic E-state index is 12.8. The van der Waals surface area contributed by atoms with Crippen molar-refractivity contribution in [3.8, 4) is 5.75 Å². The lowest BCUT2D eigenvalue weighted by Gasteiger charge is -2.38. The Morgan fingerprint density at radius 2 is 2.08 bits per heavy atom. The minimum Gasteiger partial charge on any atom is -0.505 e. The zero-order valence-corrected chi connectivity index (χ0v) is 13.0. The summed E-state index contributed by atoms with van der Waals surface area (Å²) < 4.78 is 0. The molecule has 2 aliphatic rings. The maximum Gasteiger partial charge on any atom is 0.276 e. The van der Waals surface area contributed by atoms with E-state index in [0.717, 1.165) is 17.7 Å². The highest BCUT2D eigenvalue weighted by molar-refractivity contribution is 6.07. The van der Waals surface area contributed by atoms with Crippen LogP contribution in [-0.4, -0.2) is 39.9 Å². The van der Waals surface area contributed by atoms with Crippen molar-refractivity contribution in [1.29, 1.82) is 0 Å². The molecule has 0 saturated carbocycles. The molecule has 4 rings (SSSR count). The fourth-order valence-electron chi connectivity index (χ4n) is 3.72. The number of likely N-dealkylation sites (tertiary alicyclic amines) is 1. The fraction of sp³-hybridized carbons (Fsp3) is 0.278. The SMILES string of the molecule is O=C(c1ncccc1O)N1CCC[C@]2(C1)C(=O)Nc1ccccc12. The van der Waals surface area contributed by atoms with E-state index in [0.29, 0.717) is 19.5 Å². The van der Waals surface area contributed by atoms with Gasteiger partial charge in [0.05, 0.1) is 5.41 Å². The Morgan fingerprint density at radius 3 is 2.92 bits per heavy atom. The first-order chi connectivity index (χ1) is 11.6. The second-order valence-corrected chi connectivity index (χ2v) is 6.28. The lowest BCUT2D eigenvalue weighted by atomic mass is 9.75. The highest BCUT2D eigenvalue weighted by atomic mass is 16.3. The van der Waals surface area contributed by atoms with Crippen LogP contribution in [0, 0.1) is 0 Å². The highest BCUT2D eigenvalue weighted by Gasteiger charge is 2.50. The largest absolute Gasteiger partial charge is 0.505 e. The van der Waals surface area contributed by atoms with Gasteiger partial charge in [0.15, 0.2) is 5.69 Å². The first-order valence-corrected chi connectivity index (χ1v) is 7.96. The van der Waals surface area contributed by atoms with Gasteiger partial charge in [-0.05, 0) is 36.6 Å². The van der Waals surface area contributed by atoms with E-state index in [-0.39, 0.29) is 23.3 Å². The third-order valence-electron chi connectivity index (χ3n) is 4.89. The van der Waals surface area contributed by atoms with Gasteiger partial charge >= 0.3 is 0 Å². The number of carbonyl (C=O) groups is 2. The van der Waals surface area contributed by atoms with E-state index >= 15 is 0 Å². The topological polar surface area (TPSA) is 82.5 Å². The number of nitrogens with one attached hydrogen (secondary N) is 1. The number of nitrogens with zero attached hydrogens (tertiary/aromatic N) is 2. The second-order valence-electron chi connectivity index (χ2n) is 6.28. The van der Waals surface area contributed by atoms with Crippen molar-refractivity contribution in [1.82, 2.24) is 9.88 Å². The van der Waals surface area contributed by atoms with Gasteiger partial charge in [-0.25, -0.2) is 4.98 Å². The second kappa shape index (κ2) is 5.33. The summed E-state index contributed by atoms with van der Waals surface area (Å²) in [7, 11) is 0. The molecule has 1 saturated heterocycles. The van der Waals surface area contributed by atoms with Crippen molar-refractivity contribution in [3.63, 3.8) is 0 Å². The number of aromatic hydroxyl groups is 1. The van der Waals surface area contributed by atoms with Gasteiger partial charge in [0, 0.05) is 25.0 Å². The van der Waals surface area contributed by atoms with Crippen LogP contribution in [0.3, 0.4) is 0 Å². The maximum absolute atomic E-state index is 12.8. The van der Waals surface area contributed by atoms with E-state index < -0.39 is 5.41 Å². The standard InChI is InChI=1S/C18H17N3O3/c22-14-7-3-9-19-15(14)16(23)21-10-4-8-18(11-21)12-5-1-2-6-13(12)20-17(18)24/h1-3,5-7,9,22H,4,8,10-11H2,(H,20,24)/t18-/m1/s1. The molecule has 2 aliphatic heterocycles. The van der Waals surface area contributed by atoms with Gasteiger partial charge in [-0.2, -0.15) is 0 Å². The van der Waals surface area contributed by atoms with Crippen LogP contribution < -0.4 is 5.32 Å². The number of piperidine rings is 1. The number of benzene rings is 1. The van der Waals surface area contributed by atoms with Crippen molar-refractivity contribution in [2.75, 3.05) is 18.4 Å². The van der Waals surface area contributed by atoms with Gasteiger partial charge in [0.25, 0.3) is 5.91 Å². The van der Waals surface area contributed by atoms with Crippen molar-refractivity contribution >= 4 is 17.5 Å². The Bertz CT molecular complexity index is 836. The molecule has 3 heterocycles. The predicted octanol–water partition coefficient (Wildman–Crippen LogP) is 1.91. The lowest BCUT2D eigenvalue weighted by molar-refractivity contribution is -0.122. The van der Waals surface area contributed by atoms with Crippen LogP contribution in [0.25, 0.3) is 0 Å². The number of fused-ring (bicyclic) bond motifs is 2. The zero-order chi connectivity index (χ0) is 16.7. The molecule has 2 N–H and O–H groups in total. The molecule has 1 aromatic heterocycles. The van der Waals surface area contributed by atoms with Crippen LogP contribution in [0.5, 0.6) is 5.75 Å². The van der Waals surface area contributed by atoms with Crippen LogP contribution >= 0.6 is 0 Å². The smallest absolute Gasteiger partial charge is 0.276 e. The minimum atomic E-state index is -0.713. The summed E-state index contributed by atoms with van der Waals surface area (Å²) in [5, 5.41) is 12.8. The van der Waals surface area contributed by atoms with Crippen molar-refractivity contribution in [2.45, 2.75) is 18.3 Å². The quantitative estimate of drug-likeness (QED) is 0.840. The van der Waals surface area contributed by atoms with E-state index in [1.165, 1.54) is 12.3 Å². The Hall–Kier alpha value is -2.89. The number of amides is 2. The molecule has 0 bridgehead atoms. The van der Waals surface area contributed by atoms with Crippen molar-refractivity contribution in [2.24, 2.45) is 0 Å². The molecule has 24 heavy (non-hydrogen) atoms. The number of hydrogen-bond donors (Lipinski definition) is 2. The minimum absolute atomic E-state index is 0.0289. The fourth-order valence-corrected chi connectivity index (χ4v) is 3.72. The van der Waals surface area contributed by atoms with Crippen LogP contribution in [0.15, 0.2) is 42.6 Å². The van der Waals surface area contributed by atoms with Crippen LogP contribution in [0.2, 0.25) is 0 Å². The summed E-state index contributed by atoms with van der Waals surface area (Å²) in [5.74, 6) is -0.547. The van der Waals surface area contributed by atoms with Crippen LogP contribution in [0.1, 0.15) is 28.9 Å². The molecular formula is C18H17N3O3. The summed E-state index contributed by atoms with van der Waals surface area (Å²) in [5.41, 5.74) is 1.08. The molecule has 2 aromatic rings. The van der Waals surface area contributed by atoms with Crippen LogP contribution in [-0.2, 0) is 10.2 Å². The molecule has 122 valence electrons. The average molecular weight is 323 g/mol. The van der Waals surface area contributed by atoms with Gasteiger partial charge in [0.1, 0.15) is 5.75 Å². The Balaban J connectivity index is 1.69. The molecular weight excluding hydrogens is 306 g/mol. The van der Waals surface area contributed by atoms with E-state index in [2.05, 4.69) is 10.3 Å². The van der Waals surface area contributed by atoms with E-state index in [1.807, 2.05) is 24.3 Å². The molecule has 1 spiro atoms. The summed E-state index contributed by atoms with van der Waals surface area (Å²) >= 11 is 0. The summed E-state index contributed by atoms with van der Waals surface area (Å²) in [6.45, 7) is 0.844. The number of rotatable bonds is 1. The third kappa shape index (κ3) is 2.06. The predicted molar refractivity (Wildman–Crippen MR) is 87.8 cm³/mol. The van der Waals surface area contributed by atoms with Gasteiger partial charge in [-0.3, -0.25) is 9.59 Å². The molecule has 6 nitrogen and oxygen atoms in total. The molecule has 0 aliphatic carbocycles. The Morgan fingerprint density at radius 1 is 1.25 bits per heavy atom. The number of anilines is 1. The molecule has 1 atom stereocenters. The molecule has 0 unspecified atom stereocenters. The number of aromatic nitrogens is 1. The van der Waals surface area contributed by atoms with E-state index in [1.54, 1.807) is 11.0 Å². The molecule has 6 heteroatoms. The average Bonchev–Trinajstić information content (AvgIpc) is 2.87. The van der Waals surface area contributed by atoms with E-state index in [9.17, 15) is 14.7 Å². The van der Waals surface area contributed by atoms with Crippen molar-refractivity contribution < 1.29 is 14.7 Å². The zero-order valence-electron chi connectivity index (χ0n) is 13.0. The Kier molecular flexibility index (Phi) is 3.26. The van der Waals surface area contributed by atoms with Gasteiger partial charge in [-0.15, -0.1) is 0 Å². The number of hydrogen-bond acceptors (Lipinski definition) is 4. The Labute approximate surface area is 139 Å². The van der Waals surface area contributed by atoms with Gasteiger partial charge < -0.3 is 15.3 Å². The van der Waals surface area contributed by atoms with Gasteiger partial charge in [-0.1, -0.05) is 18.2 Å². The van der Waals surface area contributed by atoms with E-state index in [4.69, 9.17) is 0 Å². The monoisotopic (exact) mass is 323 g/mol. The summed E-state index contributed by atoms with van der Waals surface area (Å²) in [6, 6.07) is 10.6.